The molecule has 0 unspecified atom stereocenters. The molecule has 31 heavy (non-hydrogen) atoms. The summed E-state index contributed by atoms with van der Waals surface area (Å²) >= 11 is 6.27. The molecule has 0 atom stereocenters. The summed E-state index contributed by atoms with van der Waals surface area (Å²) in [5.41, 5.74) is 3.66. The number of hydrogen-bond acceptors (Lipinski definition) is 2. The van der Waals surface area contributed by atoms with Gasteiger partial charge in [0.2, 0.25) is 0 Å². The van der Waals surface area contributed by atoms with Gasteiger partial charge < -0.3 is 15.0 Å². The van der Waals surface area contributed by atoms with Crippen molar-refractivity contribution in [2.75, 3.05) is 0 Å². The van der Waals surface area contributed by atoms with Crippen LogP contribution in [0.5, 0.6) is 0 Å². The van der Waals surface area contributed by atoms with E-state index in [1.54, 1.807) is 10.6 Å². The van der Waals surface area contributed by atoms with E-state index in [1.807, 2.05) is 25.1 Å². The number of aromatic carboxylic acids is 1. The normalized spacial score (nSPS) is 15.3. The van der Waals surface area contributed by atoms with Gasteiger partial charge in [0.15, 0.2) is 0 Å². The van der Waals surface area contributed by atoms with Crippen LogP contribution in [0.25, 0.3) is 10.9 Å². The zero-order valence-electron chi connectivity index (χ0n) is 17.8. The van der Waals surface area contributed by atoms with Gasteiger partial charge in [-0.15, -0.1) is 0 Å². The Hall–Kier alpha value is -2.37. The van der Waals surface area contributed by atoms with E-state index >= 15 is 0 Å². The van der Waals surface area contributed by atoms with Gasteiger partial charge in [0.05, 0.1) is 0 Å². The number of nitrogens with one attached hydrogen (secondary N) is 1. The van der Waals surface area contributed by atoms with Crippen LogP contribution in [-0.4, -0.2) is 21.7 Å². The number of rotatable bonds is 6. The van der Waals surface area contributed by atoms with Crippen molar-refractivity contribution in [1.29, 1.82) is 0 Å². The van der Waals surface area contributed by atoms with Crippen molar-refractivity contribution in [3.05, 3.63) is 69.6 Å². The average Bonchev–Trinajstić information content (AvgIpc) is 2.86. The number of nitrogens with zero attached hydrogens (tertiary/aromatic N) is 1. The number of aryl methyl sites for hydroxylation is 1. The molecular formula is C25H28ClFN2O2. The Morgan fingerprint density at radius 3 is 2.58 bits per heavy atom. The Labute approximate surface area is 187 Å². The Morgan fingerprint density at radius 2 is 1.90 bits per heavy atom. The van der Waals surface area contributed by atoms with Gasteiger partial charge in [-0.25, -0.2) is 9.18 Å². The fourth-order valence-electron chi connectivity index (χ4n) is 4.67. The number of carbonyl (C=O) groups is 1. The van der Waals surface area contributed by atoms with Gasteiger partial charge in [0.1, 0.15) is 11.5 Å². The molecule has 0 aliphatic heterocycles. The molecule has 0 saturated heterocycles. The second-order valence-corrected chi connectivity index (χ2v) is 8.95. The minimum Gasteiger partial charge on any atom is -0.477 e. The summed E-state index contributed by atoms with van der Waals surface area (Å²) in [6.45, 7) is 2.77. The third kappa shape index (κ3) is 4.78. The Bertz CT molecular complexity index is 1100. The van der Waals surface area contributed by atoms with Crippen LogP contribution in [-0.2, 0) is 13.1 Å². The van der Waals surface area contributed by atoms with Crippen LogP contribution >= 0.6 is 11.6 Å². The van der Waals surface area contributed by atoms with Gasteiger partial charge in [-0.3, -0.25) is 0 Å². The van der Waals surface area contributed by atoms with Crippen molar-refractivity contribution in [2.24, 2.45) is 0 Å². The lowest BCUT2D eigenvalue weighted by Crippen LogP contribution is -2.28. The highest BCUT2D eigenvalue weighted by molar-refractivity contribution is 6.31. The zero-order chi connectivity index (χ0) is 22.0. The quantitative estimate of drug-likeness (QED) is 0.440. The van der Waals surface area contributed by atoms with Crippen LogP contribution in [0.4, 0.5) is 4.39 Å². The van der Waals surface area contributed by atoms with Crippen LogP contribution in [0.15, 0.2) is 36.4 Å². The second-order valence-electron chi connectivity index (χ2n) is 8.54. The molecular weight excluding hydrogens is 415 g/mol. The van der Waals surface area contributed by atoms with E-state index in [0.717, 1.165) is 34.9 Å². The standard InChI is InChI=1S/C25H28ClFN2O2/c1-16-8-11-20-21(14-28-19-6-4-2-3-5-7-19)24(25(30)31)29(23(20)12-16)15-17-9-10-18(27)13-22(17)26/h8-13,19,28H,2-7,14-15H2,1H3,(H,30,31). The third-order valence-corrected chi connectivity index (χ3v) is 6.65. The highest BCUT2D eigenvalue weighted by Crippen LogP contribution is 2.30. The van der Waals surface area contributed by atoms with E-state index in [9.17, 15) is 14.3 Å². The lowest BCUT2D eigenvalue weighted by atomic mass is 10.1. The number of carboxylic acid groups (broad SMARTS) is 1. The Balaban J connectivity index is 1.76. The number of aromatic nitrogens is 1. The van der Waals surface area contributed by atoms with Crippen LogP contribution in [0, 0.1) is 12.7 Å². The van der Waals surface area contributed by atoms with E-state index in [0.29, 0.717) is 23.2 Å². The maximum atomic E-state index is 13.5. The highest BCUT2D eigenvalue weighted by Gasteiger charge is 2.24. The van der Waals surface area contributed by atoms with Crippen molar-refractivity contribution in [1.82, 2.24) is 9.88 Å². The highest BCUT2D eigenvalue weighted by atomic mass is 35.5. The van der Waals surface area contributed by atoms with E-state index in [4.69, 9.17) is 11.6 Å². The van der Waals surface area contributed by atoms with Crippen molar-refractivity contribution < 1.29 is 14.3 Å². The predicted molar refractivity (Wildman–Crippen MR) is 122 cm³/mol. The van der Waals surface area contributed by atoms with Crippen LogP contribution in [0.3, 0.4) is 0 Å². The minimum atomic E-state index is -0.968. The van der Waals surface area contributed by atoms with Gasteiger partial charge in [-0.1, -0.05) is 55.5 Å². The van der Waals surface area contributed by atoms with Crippen molar-refractivity contribution >= 4 is 28.5 Å². The third-order valence-electron chi connectivity index (χ3n) is 6.29. The molecule has 0 spiro atoms. The second kappa shape index (κ2) is 9.41. The maximum Gasteiger partial charge on any atom is 0.352 e. The molecule has 1 aliphatic carbocycles. The molecule has 0 bridgehead atoms. The number of halogens is 2. The van der Waals surface area contributed by atoms with Crippen LogP contribution < -0.4 is 5.32 Å². The Kier molecular flexibility index (Phi) is 6.63. The summed E-state index contributed by atoms with van der Waals surface area (Å²) in [7, 11) is 0. The predicted octanol–water partition coefficient (Wildman–Crippen LogP) is 6.30. The van der Waals surface area contributed by atoms with E-state index in [2.05, 4.69) is 5.32 Å². The smallest absolute Gasteiger partial charge is 0.352 e. The molecule has 1 fully saturated rings. The molecule has 1 saturated carbocycles. The van der Waals surface area contributed by atoms with Gasteiger partial charge in [-0.05, 0) is 49.1 Å². The lowest BCUT2D eigenvalue weighted by molar-refractivity contribution is 0.0684. The van der Waals surface area contributed by atoms with Crippen LogP contribution in [0.2, 0.25) is 5.02 Å². The first-order valence-electron chi connectivity index (χ1n) is 11.0. The molecule has 1 heterocycles. The summed E-state index contributed by atoms with van der Waals surface area (Å²) in [4.78, 5) is 12.4. The van der Waals surface area contributed by atoms with E-state index < -0.39 is 11.8 Å². The topological polar surface area (TPSA) is 54.3 Å². The minimum absolute atomic E-state index is 0.266. The molecule has 0 amide bonds. The summed E-state index contributed by atoms with van der Waals surface area (Å²) in [6.07, 6.45) is 7.24. The first-order valence-corrected chi connectivity index (χ1v) is 11.3. The van der Waals surface area contributed by atoms with Gasteiger partial charge in [-0.2, -0.15) is 0 Å². The maximum absolute atomic E-state index is 13.5. The fourth-order valence-corrected chi connectivity index (χ4v) is 4.90. The molecule has 6 heteroatoms. The summed E-state index contributed by atoms with van der Waals surface area (Å²) in [5.74, 6) is -1.38. The van der Waals surface area contributed by atoms with Gasteiger partial charge in [0, 0.05) is 40.6 Å². The molecule has 4 nitrogen and oxygen atoms in total. The SMILES string of the molecule is Cc1ccc2c(CNC3CCCCCC3)c(C(=O)O)n(Cc3ccc(F)cc3Cl)c2c1. The first-order chi connectivity index (χ1) is 14.9. The summed E-state index contributed by atoms with van der Waals surface area (Å²) in [5, 5.41) is 15.0. The summed E-state index contributed by atoms with van der Waals surface area (Å²) in [6, 6.07) is 10.7. The zero-order valence-corrected chi connectivity index (χ0v) is 18.5. The van der Waals surface area contributed by atoms with Gasteiger partial charge >= 0.3 is 5.97 Å². The van der Waals surface area contributed by atoms with E-state index in [1.165, 1.54) is 37.8 Å². The molecule has 1 aromatic heterocycles. The molecule has 1 aliphatic rings. The summed E-state index contributed by atoms with van der Waals surface area (Å²) < 4.78 is 15.3. The van der Waals surface area contributed by atoms with Crippen molar-refractivity contribution in [2.45, 2.75) is 64.6 Å². The van der Waals surface area contributed by atoms with Crippen molar-refractivity contribution in [3.63, 3.8) is 0 Å². The largest absolute Gasteiger partial charge is 0.477 e. The molecule has 164 valence electrons. The first kappa shape index (κ1) is 21.8. The number of benzene rings is 2. The lowest BCUT2D eigenvalue weighted by Gasteiger charge is -2.16. The van der Waals surface area contributed by atoms with Crippen LogP contribution in [0.1, 0.15) is 65.7 Å². The van der Waals surface area contributed by atoms with E-state index in [-0.39, 0.29) is 12.2 Å². The number of carboxylic acids is 1. The van der Waals surface area contributed by atoms with Crippen molar-refractivity contribution in [3.8, 4) is 0 Å². The van der Waals surface area contributed by atoms with Gasteiger partial charge in [0.25, 0.3) is 0 Å². The molecule has 0 radical (unpaired) electrons. The number of hydrogen-bond donors (Lipinski definition) is 2. The molecule has 4 rings (SSSR count). The monoisotopic (exact) mass is 442 g/mol. The average molecular weight is 443 g/mol. The Morgan fingerprint density at radius 1 is 1.16 bits per heavy atom. The molecule has 2 N–H and O–H groups in total. The fraction of sp³-hybridized carbons (Fsp3) is 0.400. The number of fused-ring (bicyclic) bond motifs is 1. The molecule has 2 aromatic carbocycles. The molecule has 3 aromatic rings.